The molecule has 2 N–H and O–H groups in total. The first kappa shape index (κ1) is 17.7. The number of aromatic nitrogens is 2. The second-order valence-corrected chi connectivity index (χ2v) is 5.98. The molecule has 132 valence electrons. The predicted octanol–water partition coefficient (Wildman–Crippen LogP) is 4.44. The summed E-state index contributed by atoms with van der Waals surface area (Å²) in [6.45, 7) is 1.90. The van der Waals surface area contributed by atoms with E-state index in [1.165, 1.54) is 0 Å². The van der Waals surface area contributed by atoms with Gasteiger partial charge < -0.3 is 15.4 Å². The zero-order valence-corrected chi connectivity index (χ0v) is 15.0. The van der Waals surface area contributed by atoms with Crippen LogP contribution in [0.2, 0.25) is 5.02 Å². The largest absolute Gasteiger partial charge is 0.497 e. The number of rotatable bonds is 5. The van der Waals surface area contributed by atoms with Crippen molar-refractivity contribution < 1.29 is 9.53 Å². The van der Waals surface area contributed by atoms with Gasteiger partial charge in [-0.3, -0.25) is 4.79 Å². The Bertz CT molecular complexity index is 912. The van der Waals surface area contributed by atoms with Gasteiger partial charge in [0.1, 0.15) is 5.75 Å². The fraction of sp³-hybridized carbons (Fsp3) is 0.105. The zero-order chi connectivity index (χ0) is 18.5. The van der Waals surface area contributed by atoms with Crippen LogP contribution in [-0.4, -0.2) is 23.2 Å². The van der Waals surface area contributed by atoms with Crippen LogP contribution in [0.25, 0.3) is 0 Å². The number of amides is 1. The summed E-state index contributed by atoms with van der Waals surface area (Å²) in [7, 11) is 1.61. The Morgan fingerprint density at radius 3 is 2.35 bits per heavy atom. The van der Waals surface area contributed by atoms with Crippen molar-refractivity contribution in [1.82, 2.24) is 10.2 Å². The lowest BCUT2D eigenvalue weighted by Gasteiger charge is -2.08. The Balaban J connectivity index is 1.66. The average Bonchev–Trinajstić information content (AvgIpc) is 2.66. The molecule has 2 aromatic carbocycles. The van der Waals surface area contributed by atoms with Crippen LogP contribution in [0.5, 0.6) is 5.75 Å². The third kappa shape index (κ3) is 4.29. The molecule has 6 nitrogen and oxygen atoms in total. The second kappa shape index (κ2) is 7.84. The minimum absolute atomic E-state index is 0.210. The summed E-state index contributed by atoms with van der Waals surface area (Å²) in [5, 5.41) is 14.4. The van der Waals surface area contributed by atoms with Gasteiger partial charge in [0.05, 0.1) is 7.11 Å². The minimum atomic E-state index is -0.353. The lowest BCUT2D eigenvalue weighted by Crippen LogP contribution is -2.14. The average molecular weight is 369 g/mol. The van der Waals surface area contributed by atoms with Crippen molar-refractivity contribution in [1.29, 1.82) is 0 Å². The first-order valence-electron chi connectivity index (χ1n) is 7.87. The van der Waals surface area contributed by atoms with Crippen molar-refractivity contribution in [3.8, 4) is 5.75 Å². The maximum Gasteiger partial charge on any atom is 0.276 e. The summed E-state index contributed by atoms with van der Waals surface area (Å²) in [6, 6.07) is 16.0. The SMILES string of the molecule is COc1ccc(Nc2ccc(C(=O)Nc3ccc(C)c(Cl)c3)nn2)cc1. The van der Waals surface area contributed by atoms with Gasteiger partial charge in [-0.25, -0.2) is 0 Å². The molecular formula is C19H17ClN4O2. The normalized spacial score (nSPS) is 10.3. The van der Waals surface area contributed by atoms with Gasteiger partial charge in [0.15, 0.2) is 11.5 Å². The number of carbonyl (C=O) groups excluding carboxylic acids is 1. The molecule has 1 heterocycles. The molecule has 0 aliphatic rings. The van der Waals surface area contributed by atoms with Crippen LogP contribution in [0.3, 0.4) is 0 Å². The quantitative estimate of drug-likeness (QED) is 0.696. The fourth-order valence-corrected chi connectivity index (χ4v) is 2.39. The molecule has 3 rings (SSSR count). The van der Waals surface area contributed by atoms with Gasteiger partial charge in [0.2, 0.25) is 0 Å². The van der Waals surface area contributed by atoms with Gasteiger partial charge in [-0.1, -0.05) is 17.7 Å². The predicted molar refractivity (Wildman–Crippen MR) is 102 cm³/mol. The Morgan fingerprint density at radius 1 is 1.00 bits per heavy atom. The number of aryl methyl sites for hydroxylation is 1. The van der Waals surface area contributed by atoms with E-state index >= 15 is 0 Å². The van der Waals surface area contributed by atoms with Crippen LogP contribution in [0, 0.1) is 6.92 Å². The van der Waals surface area contributed by atoms with Crippen LogP contribution in [0.15, 0.2) is 54.6 Å². The molecule has 26 heavy (non-hydrogen) atoms. The third-order valence-corrected chi connectivity index (χ3v) is 4.10. The van der Waals surface area contributed by atoms with Gasteiger partial charge in [-0.15, -0.1) is 10.2 Å². The van der Waals surface area contributed by atoms with Gasteiger partial charge in [-0.2, -0.15) is 0 Å². The van der Waals surface area contributed by atoms with Crippen LogP contribution in [0.4, 0.5) is 17.2 Å². The first-order valence-corrected chi connectivity index (χ1v) is 8.25. The highest BCUT2D eigenvalue weighted by atomic mass is 35.5. The molecule has 0 saturated carbocycles. The Kier molecular flexibility index (Phi) is 5.34. The molecule has 0 unspecified atom stereocenters. The van der Waals surface area contributed by atoms with Crippen LogP contribution in [-0.2, 0) is 0 Å². The van der Waals surface area contributed by atoms with Crippen LogP contribution < -0.4 is 15.4 Å². The van der Waals surface area contributed by atoms with E-state index in [-0.39, 0.29) is 11.6 Å². The number of halogens is 1. The number of carbonyl (C=O) groups is 1. The Hall–Kier alpha value is -3.12. The summed E-state index contributed by atoms with van der Waals surface area (Å²) in [6.07, 6.45) is 0. The molecule has 0 fully saturated rings. The Labute approximate surface area is 156 Å². The molecule has 1 aromatic heterocycles. The molecular weight excluding hydrogens is 352 g/mol. The number of anilines is 3. The number of nitrogens with one attached hydrogen (secondary N) is 2. The molecule has 0 aliphatic heterocycles. The molecule has 0 atom stereocenters. The van der Waals surface area contributed by atoms with Crippen molar-refractivity contribution >= 4 is 34.7 Å². The van der Waals surface area contributed by atoms with Crippen molar-refractivity contribution in [2.45, 2.75) is 6.92 Å². The number of hydrogen-bond donors (Lipinski definition) is 2. The second-order valence-electron chi connectivity index (χ2n) is 5.58. The standard InChI is InChI=1S/C19H17ClN4O2/c1-12-3-4-14(11-16(12)20)22-19(25)17-9-10-18(24-23-17)21-13-5-7-15(26-2)8-6-13/h3-11H,1-2H3,(H,21,24)(H,22,25). The highest BCUT2D eigenvalue weighted by molar-refractivity contribution is 6.31. The first-order chi connectivity index (χ1) is 12.5. The third-order valence-electron chi connectivity index (χ3n) is 3.69. The van der Waals surface area contributed by atoms with Gasteiger partial charge in [0.25, 0.3) is 5.91 Å². The smallest absolute Gasteiger partial charge is 0.276 e. The van der Waals surface area contributed by atoms with Crippen molar-refractivity contribution in [3.05, 3.63) is 70.9 Å². The Morgan fingerprint density at radius 2 is 1.73 bits per heavy atom. The van der Waals surface area contributed by atoms with Crippen LogP contribution >= 0.6 is 11.6 Å². The zero-order valence-electron chi connectivity index (χ0n) is 14.3. The lowest BCUT2D eigenvalue weighted by atomic mass is 10.2. The van der Waals surface area contributed by atoms with Crippen LogP contribution in [0.1, 0.15) is 16.1 Å². The number of methoxy groups -OCH3 is 1. The molecule has 0 saturated heterocycles. The van der Waals surface area contributed by atoms with Crippen molar-refractivity contribution in [2.24, 2.45) is 0 Å². The summed E-state index contributed by atoms with van der Waals surface area (Å²) in [5.41, 5.74) is 2.60. The van der Waals surface area contributed by atoms with E-state index < -0.39 is 0 Å². The lowest BCUT2D eigenvalue weighted by molar-refractivity contribution is 0.102. The highest BCUT2D eigenvalue weighted by Crippen LogP contribution is 2.21. The molecule has 7 heteroatoms. The molecule has 1 amide bonds. The van der Waals surface area contributed by atoms with E-state index in [1.54, 1.807) is 31.4 Å². The molecule has 0 radical (unpaired) electrons. The topological polar surface area (TPSA) is 76.1 Å². The van der Waals surface area contributed by atoms with E-state index in [0.29, 0.717) is 16.5 Å². The van der Waals surface area contributed by atoms with E-state index in [4.69, 9.17) is 16.3 Å². The fourth-order valence-electron chi connectivity index (χ4n) is 2.21. The minimum Gasteiger partial charge on any atom is -0.497 e. The maximum absolute atomic E-state index is 12.3. The highest BCUT2D eigenvalue weighted by Gasteiger charge is 2.09. The number of hydrogen-bond acceptors (Lipinski definition) is 5. The summed E-state index contributed by atoms with van der Waals surface area (Å²) < 4.78 is 5.12. The number of benzene rings is 2. The van der Waals surface area contributed by atoms with E-state index in [1.807, 2.05) is 37.3 Å². The maximum atomic E-state index is 12.3. The summed E-state index contributed by atoms with van der Waals surface area (Å²) in [4.78, 5) is 12.3. The van der Waals surface area contributed by atoms with Crippen molar-refractivity contribution in [2.75, 3.05) is 17.7 Å². The van der Waals surface area contributed by atoms with Gasteiger partial charge in [0, 0.05) is 16.4 Å². The van der Waals surface area contributed by atoms with Gasteiger partial charge >= 0.3 is 0 Å². The summed E-state index contributed by atoms with van der Waals surface area (Å²) >= 11 is 6.06. The van der Waals surface area contributed by atoms with E-state index in [2.05, 4.69) is 20.8 Å². The molecule has 3 aromatic rings. The van der Waals surface area contributed by atoms with Crippen molar-refractivity contribution in [3.63, 3.8) is 0 Å². The van der Waals surface area contributed by atoms with E-state index in [9.17, 15) is 4.79 Å². The molecule has 0 aliphatic carbocycles. The number of ether oxygens (including phenoxy) is 1. The molecule has 0 bridgehead atoms. The van der Waals surface area contributed by atoms with Gasteiger partial charge in [-0.05, 0) is 61.0 Å². The van der Waals surface area contributed by atoms with E-state index in [0.717, 1.165) is 17.0 Å². The molecule has 0 spiro atoms. The monoisotopic (exact) mass is 368 g/mol. The summed E-state index contributed by atoms with van der Waals surface area (Å²) in [5.74, 6) is 0.948. The number of nitrogens with zero attached hydrogens (tertiary/aromatic N) is 2.